The van der Waals surface area contributed by atoms with E-state index in [1.165, 1.54) is 27.8 Å². The Morgan fingerprint density at radius 1 is 0.933 bits per heavy atom. The number of aromatic nitrogens is 1. The Labute approximate surface area is 184 Å². The molecule has 156 valence electrons. The molecular weight excluding hydrogens is 418 g/mol. The first-order chi connectivity index (χ1) is 14.4. The third-order valence-corrected chi connectivity index (χ3v) is 6.18. The third kappa shape index (κ3) is 6.67. The summed E-state index contributed by atoms with van der Waals surface area (Å²) in [6.07, 6.45) is 0. The summed E-state index contributed by atoms with van der Waals surface area (Å²) in [5, 5.41) is 9.17. The van der Waals surface area contributed by atoms with Gasteiger partial charge in [0.05, 0.1) is 11.5 Å². The molecule has 0 spiro atoms. The number of carbonyl (C=O) groups is 2. The summed E-state index contributed by atoms with van der Waals surface area (Å²) in [6, 6.07) is 15.8. The SMILES string of the molecule is Cc1ccc(Sc2ccc(NC(=O)CSCC(=O)Nc3cc(C)on3)cc2)c(C)c1. The number of nitrogens with zero attached hydrogens (tertiary/aromatic N) is 1. The van der Waals surface area contributed by atoms with Gasteiger partial charge < -0.3 is 15.2 Å². The molecule has 0 aliphatic heterocycles. The highest BCUT2D eigenvalue weighted by Gasteiger charge is 2.09. The molecule has 0 atom stereocenters. The molecule has 2 amide bonds. The normalized spacial score (nSPS) is 10.6. The molecule has 6 nitrogen and oxygen atoms in total. The van der Waals surface area contributed by atoms with Crippen LogP contribution in [0.15, 0.2) is 62.8 Å². The van der Waals surface area contributed by atoms with Crippen molar-refractivity contribution in [3.63, 3.8) is 0 Å². The maximum Gasteiger partial charge on any atom is 0.235 e. The van der Waals surface area contributed by atoms with E-state index in [0.717, 1.165) is 10.6 Å². The number of rotatable bonds is 8. The maximum absolute atomic E-state index is 12.1. The van der Waals surface area contributed by atoms with E-state index in [1.807, 2.05) is 24.3 Å². The van der Waals surface area contributed by atoms with Crippen LogP contribution in [0.25, 0.3) is 0 Å². The van der Waals surface area contributed by atoms with Crippen LogP contribution in [0.1, 0.15) is 16.9 Å². The maximum atomic E-state index is 12.1. The van der Waals surface area contributed by atoms with Gasteiger partial charge in [0, 0.05) is 21.5 Å². The number of hydrogen-bond acceptors (Lipinski definition) is 6. The first-order valence-electron chi connectivity index (χ1n) is 9.35. The van der Waals surface area contributed by atoms with E-state index in [0.29, 0.717) is 11.6 Å². The lowest BCUT2D eigenvalue weighted by atomic mass is 10.2. The Hall–Kier alpha value is -2.71. The highest BCUT2D eigenvalue weighted by molar-refractivity contribution is 8.00. The third-order valence-electron chi connectivity index (χ3n) is 4.06. The minimum atomic E-state index is -0.228. The first-order valence-corrected chi connectivity index (χ1v) is 11.3. The van der Waals surface area contributed by atoms with E-state index in [1.54, 1.807) is 24.8 Å². The Kier molecular flexibility index (Phi) is 7.59. The summed E-state index contributed by atoms with van der Waals surface area (Å²) in [5.74, 6) is 0.959. The van der Waals surface area contributed by atoms with Crippen molar-refractivity contribution >= 4 is 46.8 Å². The van der Waals surface area contributed by atoms with Crippen molar-refractivity contribution in [1.82, 2.24) is 5.16 Å². The van der Waals surface area contributed by atoms with Gasteiger partial charge in [-0.15, -0.1) is 11.8 Å². The van der Waals surface area contributed by atoms with E-state index in [4.69, 9.17) is 4.52 Å². The summed E-state index contributed by atoms with van der Waals surface area (Å²) in [6.45, 7) is 5.94. The van der Waals surface area contributed by atoms with Crippen LogP contribution < -0.4 is 10.6 Å². The zero-order chi connectivity index (χ0) is 21.5. The van der Waals surface area contributed by atoms with E-state index in [9.17, 15) is 9.59 Å². The largest absolute Gasteiger partial charge is 0.360 e. The smallest absolute Gasteiger partial charge is 0.235 e. The number of nitrogens with one attached hydrogen (secondary N) is 2. The van der Waals surface area contributed by atoms with Gasteiger partial charge in [0.2, 0.25) is 11.8 Å². The Bertz CT molecular complexity index is 1030. The van der Waals surface area contributed by atoms with Crippen LogP contribution in [0.5, 0.6) is 0 Å². The molecule has 1 aromatic heterocycles. The van der Waals surface area contributed by atoms with Gasteiger partial charge in [-0.25, -0.2) is 0 Å². The van der Waals surface area contributed by atoms with Crippen LogP contribution in [-0.2, 0) is 9.59 Å². The first kappa shape index (κ1) is 22.0. The molecule has 0 aliphatic carbocycles. The number of anilines is 2. The average molecular weight is 442 g/mol. The zero-order valence-corrected chi connectivity index (χ0v) is 18.7. The molecule has 0 bridgehead atoms. The lowest BCUT2D eigenvalue weighted by Gasteiger charge is -2.08. The fourth-order valence-corrected chi connectivity index (χ4v) is 4.18. The summed E-state index contributed by atoms with van der Waals surface area (Å²) >= 11 is 2.93. The molecule has 0 radical (unpaired) electrons. The topological polar surface area (TPSA) is 84.2 Å². The lowest BCUT2D eigenvalue weighted by Crippen LogP contribution is -2.18. The van der Waals surface area contributed by atoms with Crippen LogP contribution >= 0.6 is 23.5 Å². The summed E-state index contributed by atoms with van der Waals surface area (Å²) in [4.78, 5) is 26.3. The molecule has 0 saturated carbocycles. The molecule has 30 heavy (non-hydrogen) atoms. The minimum absolute atomic E-state index is 0.153. The molecule has 0 fully saturated rings. The molecule has 0 unspecified atom stereocenters. The molecule has 1 heterocycles. The number of benzene rings is 2. The van der Waals surface area contributed by atoms with Crippen molar-refractivity contribution in [3.8, 4) is 0 Å². The fourth-order valence-electron chi connectivity index (χ4n) is 2.68. The molecule has 8 heteroatoms. The highest BCUT2D eigenvalue weighted by Crippen LogP contribution is 2.31. The second-order valence-electron chi connectivity index (χ2n) is 6.81. The molecule has 3 rings (SSSR count). The second kappa shape index (κ2) is 10.4. The van der Waals surface area contributed by atoms with Gasteiger partial charge in [0.15, 0.2) is 5.82 Å². The van der Waals surface area contributed by atoms with Crippen LogP contribution in [-0.4, -0.2) is 28.5 Å². The zero-order valence-electron chi connectivity index (χ0n) is 17.0. The van der Waals surface area contributed by atoms with E-state index in [2.05, 4.69) is 47.8 Å². The van der Waals surface area contributed by atoms with Crippen LogP contribution in [0.3, 0.4) is 0 Å². The van der Waals surface area contributed by atoms with Gasteiger partial charge in [-0.05, 0) is 56.7 Å². The van der Waals surface area contributed by atoms with E-state index < -0.39 is 0 Å². The Balaban J connectivity index is 1.42. The van der Waals surface area contributed by atoms with Gasteiger partial charge in [-0.1, -0.05) is 34.6 Å². The molecular formula is C22H23N3O3S2. The number of hydrogen-bond donors (Lipinski definition) is 2. The van der Waals surface area contributed by atoms with Crippen molar-refractivity contribution in [2.75, 3.05) is 22.1 Å². The minimum Gasteiger partial charge on any atom is -0.360 e. The summed E-state index contributed by atoms with van der Waals surface area (Å²) < 4.78 is 4.89. The van der Waals surface area contributed by atoms with Gasteiger partial charge in [0.25, 0.3) is 0 Å². The number of aryl methyl sites for hydroxylation is 3. The van der Waals surface area contributed by atoms with E-state index in [-0.39, 0.29) is 23.3 Å². The van der Waals surface area contributed by atoms with Gasteiger partial charge in [-0.2, -0.15) is 0 Å². The average Bonchev–Trinajstić information content (AvgIpc) is 3.10. The van der Waals surface area contributed by atoms with Crippen molar-refractivity contribution in [3.05, 3.63) is 65.4 Å². The molecule has 0 aliphatic rings. The van der Waals surface area contributed by atoms with Crippen LogP contribution in [0.2, 0.25) is 0 Å². The quantitative estimate of drug-likeness (QED) is 0.508. The van der Waals surface area contributed by atoms with Gasteiger partial charge in [-0.3, -0.25) is 9.59 Å². The molecule has 3 aromatic rings. The van der Waals surface area contributed by atoms with Crippen molar-refractivity contribution < 1.29 is 14.1 Å². The van der Waals surface area contributed by atoms with Crippen molar-refractivity contribution in [2.24, 2.45) is 0 Å². The molecule has 0 saturated heterocycles. The van der Waals surface area contributed by atoms with Crippen molar-refractivity contribution in [1.29, 1.82) is 0 Å². The van der Waals surface area contributed by atoms with Crippen LogP contribution in [0, 0.1) is 20.8 Å². The number of carbonyl (C=O) groups excluding carboxylic acids is 2. The van der Waals surface area contributed by atoms with Crippen molar-refractivity contribution in [2.45, 2.75) is 30.6 Å². The standard InChI is InChI=1S/C22H23N3O3S2/c1-14-4-9-19(15(2)10-14)30-18-7-5-17(6-8-18)23-21(26)12-29-13-22(27)24-20-11-16(3)28-25-20/h4-11H,12-13H2,1-3H3,(H,23,26)(H,24,25,27). The molecule has 2 aromatic carbocycles. The summed E-state index contributed by atoms with van der Waals surface area (Å²) in [7, 11) is 0. The predicted octanol–water partition coefficient (Wildman–Crippen LogP) is 5.06. The van der Waals surface area contributed by atoms with Gasteiger partial charge in [0.1, 0.15) is 5.76 Å². The predicted molar refractivity (Wildman–Crippen MR) is 122 cm³/mol. The Morgan fingerprint density at radius 3 is 2.27 bits per heavy atom. The number of thioether (sulfide) groups is 1. The monoisotopic (exact) mass is 441 g/mol. The van der Waals surface area contributed by atoms with E-state index >= 15 is 0 Å². The fraction of sp³-hybridized carbons (Fsp3) is 0.227. The van der Waals surface area contributed by atoms with Gasteiger partial charge >= 0.3 is 0 Å². The Morgan fingerprint density at radius 2 is 1.63 bits per heavy atom. The number of amides is 2. The molecule has 2 N–H and O–H groups in total. The highest BCUT2D eigenvalue weighted by atomic mass is 32.2. The van der Waals surface area contributed by atoms with Crippen LogP contribution in [0.4, 0.5) is 11.5 Å². The summed E-state index contributed by atoms with van der Waals surface area (Å²) in [5.41, 5.74) is 3.23. The second-order valence-corrected chi connectivity index (χ2v) is 8.91. The lowest BCUT2D eigenvalue weighted by molar-refractivity contribution is -0.114.